The maximum atomic E-state index is 11.7. The number of nitrogens with two attached hydrogens (primary N) is 1. The van der Waals surface area contributed by atoms with Gasteiger partial charge in [0.2, 0.25) is 5.91 Å². The SMILES string of the molecule is CSCCCC(=O)N1CCCC(N)C1.Cl. The molecule has 0 aromatic rings. The number of piperidine rings is 1. The van der Waals surface area contributed by atoms with Crippen molar-refractivity contribution in [2.24, 2.45) is 5.73 Å². The second-order valence-electron chi connectivity index (χ2n) is 3.84. The Balaban J connectivity index is 0.00000196. The van der Waals surface area contributed by atoms with E-state index >= 15 is 0 Å². The Morgan fingerprint density at radius 3 is 2.93 bits per heavy atom. The topological polar surface area (TPSA) is 46.3 Å². The second-order valence-corrected chi connectivity index (χ2v) is 4.82. The molecule has 0 aliphatic carbocycles. The Hall–Kier alpha value is 0.0700. The number of likely N-dealkylation sites (tertiary alicyclic amines) is 1. The quantitative estimate of drug-likeness (QED) is 0.772. The van der Waals surface area contributed by atoms with Crippen LogP contribution in [0.5, 0.6) is 0 Å². The van der Waals surface area contributed by atoms with Crippen LogP contribution in [0.3, 0.4) is 0 Å². The van der Waals surface area contributed by atoms with Crippen molar-refractivity contribution in [1.82, 2.24) is 4.90 Å². The van der Waals surface area contributed by atoms with E-state index in [1.165, 1.54) is 0 Å². The molecule has 3 nitrogen and oxygen atoms in total. The molecule has 1 heterocycles. The van der Waals surface area contributed by atoms with Gasteiger partial charge in [-0.3, -0.25) is 4.79 Å². The summed E-state index contributed by atoms with van der Waals surface area (Å²) in [5.74, 6) is 1.36. The molecule has 1 aliphatic heterocycles. The highest BCUT2D eigenvalue weighted by molar-refractivity contribution is 7.98. The minimum Gasteiger partial charge on any atom is -0.341 e. The molecular formula is C10H21ClN2OS. The van der Waals surface area contributed by atoms with Gasteiger partial charge >= 0.3 is 0 Å². The van der Waals surface area contributed by atoms with Gasteiger partial charge in [-0.05, 0) is 31.3 Å². The van der Waals surface area contributed by atoms with Gasteiger partial charge in [0.25, 0.3) is 0 Å². The molecule has 1 fully saturated rings. The van der Waals surface area contributed by atoms with Gasteiger partial charge in [-0.1, -0.05) is 0 Å². The molecule has 1 saturated heterocycles. The van der Waals surface area contributed by atoms with Crippen molar-refractivity contribution in [3.63, 3.8) is 0 Å². The molecule has 1 amide bonds. The molecule has 90 valence electrons. The molecule has 0 aromatic heterocycles. The summed E-state index contributed by atoms with van der Waals surface area (Å²) in [7, 11) is 0. The lowest BCUT2D eigenvalue weighted by atomic mass is 10.1. The molecule has 0 aromatic carbocycles. The summed E-state index contributed by atoms with van der Waals surface area (Å²) >= 11 is 1.80. The van der Waals surface area contributed by atoms with Crippen LogP contribution in [0.1, 0.15) is 25.7 Å². The average molecular weight is 253 g/mol. The molecule has 0 radical (unpaired) electrons. The predicted molar refractivity (Wildman–Crippen MR) is 68.7 cm³/mol. The third-order valence-corrected chi connectivity index (χ3v) is 3.25. The molecule has 1 unspecified atom stereocenters. The van der Waals surface area contributed by atoms with Crippen LogP contribution >= 0.6 is 24.2 Å². The summed E-state index contributed by atoms with van der Waals surface area (Å²) in [6.45, 7) is 1.67. The van der Waals surface area contributed by atoms with Crippen molar-refractivity contribution >= 4 is 30.1 Å². The van der Waals surface area contributed by atoms with E-state index in [1.807, 2.05) is 4.90 Å². The molecule has 5 heteroatoms. The maximum absolute atomic E-state index is 11.7. The number of amides is 1. The van der Waals surface area contributed by atoms with E-state index in [0.29, 0.717) is 6.42 Å². The molecule has 0 saturated carbocycles. The fraction of sp³-hybridized carbons (Fsp3) is 0.900. The molecular weight excluding hydrogens is 232 g/mol. The van der Waals surface area contributed by atoms with E-state index in [1.54, 1.807) is 11.8 Å². The fourth-order valence-electron chi connectivity index (χ4n) is 1.76. The van der Waals surface area contributed by atoms with Crippen molar-refractivity contribution in [2.75, 3.05) is 25.1 Å². The van der Waals surface area contributed by atoms with Gasteiger partial charge < -0.3 is 10.6 Å². The van der Waals surface area contributed by atoms with Crippen molar-refractivity contribution < 1.29 is 4.79 Å². The van der Waals surface area contributed by atoms with E-state index < -0.39 is 0 Å². The highest BCUT2D eigenvalue weighted by atomic mass is 35.5. The van der Waals surface area contributed by atoms with Gasteiger partial charge in [0.15, 0.2) is 0 Å². The van der Waals surface area contributed by atoms with Gasteiger partial charge in [-0.2, -0.15) is 11.8 Å². The van der Waals surface area contributed by atoms with Crippen molar-refractivity contribution in [2.45, 2.75) is 31.7 Å². The lowest BCUT2D eigenvalue weighted by molar-refractivity contribution is -0.132. The standard InChI is InChI=1S/C10H20N2OS.ClH/c1-14-7-3-5-10(13)12-6-2-4-9(11)8-12;/h9H,2-8,11H2,1H3;1H. The van der Waals surface area contributed by atoms with Crippen molar-refractivity contribution in [3.05, 3.63) is 0 Å². The number of nitrogens with zero attached hydrogens (tertiary/aromatic N) is 1. The van der Waals surface area contributed by atoms with Gasteiger partial charge in [0, 0.05) is 25.6 Å². The van der Waals surface area contributed by atoms with Crippen LogP contribution < -0.4 is 5.73 Å². The first-order chi connectivity index (χ1) is 6.74. The smallest absolute Gasteiger partial charge is 0.222 e. The summed E-state index contributed by atoms with van der Waals surface area (Å²) in [6, 6.07) is 0.202. The maximum Gasteiger partial charge on any atom is 0.222 e. The highest BCUT2D eigenvalue weighted by Gasteiger charge is 2.20. The Bertz CT molecular complexity index is 192. The van der Waals surface area contributed by atoms with Crippen molar-refractivity contribution in [3.8, 4) is 0 Å². The summed E-state index contributed by atoms with van der Waals surface area (Å²) in [6.07, 6.45) is 5.88. The minimum absolute atomic E-state index is 0. The zero-order chi connectivity index (χ0) is 10.4. The number of thioether (sulfide) groups is 1. The molecule has 0 spiro atoms. The first-order valence-corrected chi connectivity index (χ1v) is 6.65. The number of hydrogen-bond donors (Lipinski definition) is 1. The summed E-state index contributed by atoms with van der Waals surface area (Å²) in [5, 5.41) is 0. The van der Waals surface area contributed by atoms with E-state index in [-0.39, 0.29) is 24.4 Å². The van der Waals surface area contributed by atoms with Crippen LogP contribution in [0.2, 0.25) is 0 Å². The van der Waals surface area contributed by atoms with Crippen LogP contribution in [0.4, 0.5) is 0 Å². The molecule has 2 N–H and O–H groups in total. The van der Waals surface area contributed by atoms with Crippen molar-refractivity contribution in [1.29, 1.82) is 0 Å². The Kier molecular flexibility index (Phi) is 8.29. The fourth-order valence-corrected chi connectivity index (χ4v) is 2.20. The summed E-state index contributed by atoms with van der Waals surface area (Å²) < 4.78 is 0. The monoisotopic (exact) mass is 252 g/mol. The third kappa shape index (κ3) is 5.64. The molecule has 1 atom stereocenters. The second kappa shape index (κ2) is 8.25. The number of carbonyl (C=O) groups is 1. The largest absolute Gasteiger partial charge is 0.341 e. The zero-order valence-corrected chi connectivity index (χ0v) is 10.9. The molecule has 0 bridgehead atoms. The minimum atomic E-state index is 0. The Labute approximate surface area is 103 Å². The Morgan fingerprint density at radius 2 is 2.33 bits per heavy atom. The van der Waals surface area contributed by atoms with Gasteiger partial charge in [0.05, 0.1) is 0 Å². The molecule has 1 rings (SSSR count). The van der Waals surface area contributed by atoms with Gasteiger partial charge in [-0.25, -0.2) is 0 Å². The van der Waals surface area contributed by atoms with E-state index in [4.69, 9.17) is 5.73 Å². The number of rotatable bonds is 4. The van der Waals surface area contributed by atoms with E-state index in [9.17, 15) is 4.79 Å². The van der Waals surface area contributed by atoms with Crippen LogP contribution in [0, 0.1) is 0 Å². The lowest BCUT2D eigenvalue weighted by Gasteiger charge is -2.30. The third-order valence-electron chi connectivity index (χ3n) is 2.55. The zero-order valence-electron chi connectivity index (χ0n) is 9.28. The number of hydrogen-bond acceptors (Lipinski definition) is 3. The van der Waals surface area contributed by atoms with Crippen LogP contribution in [0.15, 0.2) is 0 Å². The van der Waals surface area contributed by atoms with Gasteiger partial charge in [0.1, 0.15) is 0 Å². The van der Waals surface area contributed by atoms with Crippen LogP contribution in [-0.4, -0.2) is 41.9 Å². The van der Waals surface area contributed by atoms with Crippen LogP contribution in [-0.2, 0) is 4.79 Å². The first-order valence-electron chi connectivity index (χ1n) is 5.26. The van der Waals surface area contributed by atoms with Gasteiger partial charge in [-0.15, -0.1) is 12.4 Å². The number of carbonyl (C=O) groups excluding carboxylic acids is 1. The summed E-state index contributed by atoms with van der Waals surface area (Å²) in [4.78, 5) is 13.6. The van der Waals surface area contributed by atoms with E-state index in [2.05, 4.69) is 6.26 Å². The average Bonchev–Trinajstić information content (AvgIpc) is 2.18. The predicted octanol–water partition coefficient (Wildman–Crippen LogP) is 1.50. The molecule has 15 heavy (non-hydrogen) atoms. The first kappa shape index (κ1) is 15.1. The Morgan fingerprint density at radius 1 is 1.60 bits per heavy atom. The van der Waals surface area contributed by atoms with E-state index in [0.717, 1.165) is 38.1 Å². The lowest BCUT2D eigenvalue weighted by Crippen LogP contribution is -2.45. The number of halogens is 1. The summed E-state index contributed by atoms with van der Waals surface area (Å²) in [5.41, 5.74) is 5.82. The normalized spacial score (nSPS) is 20.9. The highest BCUT2D eigenvalue weighted by Crippen LogP contribution is 2.11. The molecule has 1 aliphatic rings. The van der Waals surface area contributed by atoms with Crippen LogP contribution in [0.25, 0.3) is 0 Å².